The smallest absolute Gasteiger partial charge is 0.186 e. The number of benzene rings is 1. The van der Waals surface area contributed by atoms with Gasteiger partial charge in [0.05, 0.1) is 11.1 Å². The fourth-order valence-electron chi connectivity index (χ4n) is 5.12. The van der Waals surface area contributed by atoms with Crippen LogP contribution in [-0.4, -0.2) is 40.8 Å². The van der Waals surface area contributed by atoms with E-state index in [-0.39, 0.29) is 0 Å². The Morgan fingerprint density at radius 2 is 1.64 bits per heavy atom. The Hall–Kier alpha value is -3.58. The van der Waals surface area contributed by atoms with Crippen LogP contribution in [-0.2, 0) is 19.5 Å². The van der Waals surface area contributed by atoms with Crippen LogP contribution in [0.5, 0.6) is 0 Å². The van der Waals surface area contributed by atoms with Crippen molar-refractivity contribution in [2.75, 3.05) is 6.54 Å². The van der Waals surface area contributed by atoms with Crippen molar-refractivity contribution >= 4 is 16.7 Å². The molecule has 0 saturated heterocycles. The van der Waals surface area contributed by atoms with Crippen molar-refractivity contribution in [3.05, 3.63) is 81.9 Å². The second-order valence-corrected chi connectivity index (χ2v) is 9.15. The number of hydrogen-bond acceptors (Lipinski definition) is 5. The van der Waals surface area contributed by atoms with E-state index in [2.05, 4.69) is 61.2 Å². The van der Waals surface area contributed by atoms with Crippen LogP contribution in [0.3, 0.4) is 0 Å². The van der Waals surface area contributed by atoms with Gasteiger partial charge in [0.2, 0.25) is 0 Å². The van der Waals surface area contributed by atoms with Crippen LogP contribution in [0, 0.1) is 27.7 Å². The molecule has 5 heterocycles. The highest BCUT2D eigenvalue weighted by Crippen LogP contribution is 2.33. The predicted octanol–water partition coefficient (Wildman–Crippen LogP) is 4.26. The molecular weight excluding hydrogens is 410 g/mol. The van der Waals surface area contributed by atoms with Crippen LogP contribution in [0.4, 0.5) is 0 Å². The van der Waals surface area contributed by atoms with E-state index >= 15 is 0 Å². The van der Waals surface area contributed by atoms with E-state index in [1.165, 1.54) is 16.7 Å². The third-order valence-electron chi connectivity index (χ3n) is 6.54. The van der Waals surface area contributed by atoms with Crippen LogP contribution >= 0.6 is 0 Å². The fraction of sp³-hybridized carbons (Fsp3) is 0.308. The minimum atomic E-state index is 0.744. The summed E-state index contributed by atoms with van der Waals surface area (Å²) in [6, 6.07) is 14.8. The summed E-state index contributed by atoms with van der Waals surface area (Å²) >= 11 is 0. The Labute approximate surface area is 192 Å². The van der Waals surface area contributed by atoms with Crippen molar-refractivity contribution in [3.63, 3.8) is 0 Å². The molecular formula is C26H27N7. The second kappa shape index (κ2) is 7.49. The van der Waals surface area contributed by atoms with Crippen molar-refractivity contribution in [1.29, 1.82) is 0 Å². The van der Waals surface area contributed by atoms with Gasteiger partial charge < -0.3 is 0 Å². The van der Waals surface area contributed by atoms with Crippen molar-refractivity contribution in [2.24, 2.45) is 0 Å². The quantitative estimate of drug-likeness (QED) is 0.422. The van der Waals surface area contributed by atoms with E-state index in [1.807, 2.05) is 23.0 Å². The molecule has 1 aliphatic rings. The highest BCUT2D eigenvalue weighted by molar-refractivity contribution is 5.94. The molecule has 0 aliphatic carbocycles. The van der Waals surface area contributed by atoms with Gasteiger partial charge in [-0.25, -0.2) is 19.2 Å². The molecule has 1 aliphatic heterocycles. The van der Waals surface area contributed by atoms with Crippen LogP contribution < -0.4 is 0 Å². The Balaban J connectivity index is 1.58. The lowest BCUT2D eigenvalue weighted by molar-refractivity contribution is 0.245. The molecule has 33 heavy (non-hydrogen) atoms. The summed E-state index contributed by atoms with van der Waals surface area (Å²) in [7, 11) is 0. The molecule has 7 heteroatoms. The molecule has 0 radical (unpaired) electrons. The highest BCUT2D eigenvalue weighted by Gasteiger charge is 2.27. The van der Waals surface area contributed by atoms with E-state index in [9.17, 15) is 0 Å². The van der Waals surface area contributed by atoms with E-state index in [4.69, 9.17) is 20.2 Å². The zero-order valence-electron chi connectivity index (χ0n) is 19.5. The lowest BCUT2D eigenvalue weighted by Crippen LogP contribution is -2.31. The molecule has 0 N–H and O–H groups in total. The van der Waals surface area contributed by atoms with E-state index in [0.29, 0.717) is 0 Å². The Kier molecular flexibility index (Phi) is 4.55. The molecule has 6 rings (SSSR count). The van der Waals surface area contributed by atoms with Crippen molar-refractivity contribution < 1.29 is 0 Å². The first kappa shape index (κ1) is 20.1. The fourth-order valence-corrected chi connectivity index (χ4v) is 5.12. The van der Waals surface area contributed by atoms with Gasteiger partial charge in [0, 0.05) is 42.3 Å². The van der Waals surface area contributed by atoms with Crippen molar-refractivity contribution in [2.45, 2.75) is 47.2 Å². The number of nitrogens with zero attached hydrogens (tertiary/aromatic N) is 7. The molecule has 1 aromatic carbocycles. The van der Waals surface area contributed by atoms with Crippen LogP contribution in [0.1, 0.15) is 39.5 Å². The molecule has 0 amide bonds. The average molecular weight is 438 g/mol. The number of pyridine rings is 1. The first-order valence-electron chi connectivity index (χ1n) is 11.5. The molecule has 0 spiro atoms. The lowest BCUT2D eigenvalue weighted by Gasteiger charge is -2.30. The SMILES string of the molecule is Cc1cc(C)n2nc3nc(-n4nc(C)cc4C)c4c(c3c2n1)CCN(Cc1ccccc1)C4. The van der Waals surface area contributed by atoms with Crippen LogP contribution in [0.25, 0.3) is 22.5 Å². The summed E-state index contributed by atoms with van der Waals surface area (Å²) in [6.45, 7) is 10.9. The van der Waals surface area contributed by atoms with Gasteiger partial charge in [-0.05, 0) is 57.4 Å². The maximum Gasteiger partial charge on any atom is 0.186 e. The molecule has 0 fully saturated rings. The van der Waals surface area contributed by atoms with E-state index in [0.717, 1.165) is 71.3 Å². The van der Waals surface area contributed by atoms with Gasteiger partial charge in [-0.3, -0.25) is 4.90 Å². The van der Waals surface area contributed by atoms with Gasteiger partial charge in [-0.2, -0.15) is 5.10 Å². The van der Waals surface area contributed by atoms with Gasteiger partial charge >= 0.3 is 0 Å². The Bertz CT molecular complexity index is 1510. The Morgan fingerprint density at radius 3 is 2.39 bits per heavy atom. The number of rotatable bonds is 3. The van der Waals surface area contributed by atoms with Crippen LogP contribution in [0.15, 0.2) is 42.5 Å². The molecule has 4 aromatic heterocycles. The van der Waals surface area contributed by atoms with E-state index < -0.39 is 0 Å². The predicted molar refractivity (Wildman–Crippen MR) is 129 cm³/mol. The largest absolute Gasteiger partial charge is 0.294 e. The van der Waals surface area contributed by atoms with Gasteiger partial charge in [0.15, 0.2) is 17.1 Å². The highest BCUT2D eigenvalue weighted by atomic mass is 15.3. The molecule has 5 aromatic rings. The maximum atomic E-state index is 5.08. The topological polar surface area (TPSA) is 64.1 Å². The zero-order chi connectivity index (χ0) is 22.7. The number of hydrogen-bond donors (Lipinski definition) is 0. The number of fused-ring (bicyclic) bond motifs is 5. The normalized spacial score (nSPS) is 14.3. The number of aryl methyl sites for hydroxylation is 4. The number of aromatic nitrogens is 6. The van der Waals surface area contributed by atoms with Crippen molar-refractivity contribution in [3.8, 4) is 5.82 Å². The molecule has 0 atom stereocenters. The molecule has 0 unspecified atom stereocenters. The lowest BCUT2D eigenvalue weighted by atomic mass is 9.97. The molecule has 0 bridgehead atoms. The van der Waals surface area contributed by atoms with Crippen molar-refractivity contribution in [1.82, 2.24) is 34.3 Å². The standard InChI is InChI=1S/C26H27N7/c1-16-12-18(3)33-26(27-16)23-21-10-11-31(14-20-8-6-5-7-9-20)15-22(21)25(28-24(23)30-33)32-19(4)13-17(2)29-32/h5-9,12-13H,10-11,14-15H2,1-4H3. The maximum absolute atomic E-state index is 5.08. The van der Waals surface area contributed by atoms with Gasteiger partial charge in [-0.1, -0.05) is 30.3 Å². The Morgan fingerprint density at radius 1 is 0.848 bits per heavy atom. The second-order valence-electron chi connectivity index (χ2n) is 9.15. The monoisotopic (exact) mass is 437 g/mol. The minimum Gasteiger partial charge on any atom is -0.294 e. The summed E-state index contributed by atoms with van der Waals surface area (Å²) in [6.07, 6.45) is 0.934. The first-order valence-corrected chi connectivity index (χ1v) is 11.5. The first-order chi connectivity index (χ1) is 16.0. The summed E-state index contributed by atoms with van der Waals surface area (Å²) in [4.78, 5) is 12.4. The molecule has 166 valence electrons. The average Bonchev–Trinajstić information content (AvgIpc) is 3.33. The zero-order valence-corrected chi connectivity index (χ0v) is 19.5. The summed E-state index contributed by atoms with van der Waals surface area (Å²) < 4.78 is 3.92. The summed E-state index contributed by atoms with van der Waals surface area (Å²) in [5.74, 6) is 0.888. The van der Waals surface area contributed by atoms with Gasteiger partial charge in [0.1, 0.15) is 0 Å². The third-order valence-corrected chi connectivity index (χ3v) is 6.54. The van der Waals surface area contributed by atoms with E-state index in [1.54, 1.807) is 0 Å². The summed E-state index contributed by atoms with van der Waals surface area (Å²) in [5.41, 5.74) is 9.64. The third kappa shape index (κ3) is 3.31. The molecule has 7 nitrogen and oxygen atoms in total. The van der Waals surface area contributed by atoms with Gasteiger partial charge in [0.25, 0.3) is 0 Å². The minimum absolute atomic E-state index is 0.744. The van der Waals surface area contributed by atoms with Crippen LogP contribution in [0.2, 0.25) is 0 Å². The molecule has 0 saturated carbocycles. The summed E-state index contributed by atoms with van der Waals surface area (Å²) in [5, 5.41) is 10.7. The van der Waals surface area contributed by atoms with Gasteiger partial charge in [-0.15, -0.1) is 5.10 Å².